The zero-order valence-electron chi connectivity index (χ0n) is 24.2. The molecule has 9 nitrogen and oxygen atoms in total. The van der Waals surface area contributed by atoms with Gasteiger partial charge in [0.25, 0.3) is 0 Å². The molecule has 12 heteroatoms. The summed E-state index contributed by atoms with van der Waals surface area (Å²) < 4.78 is 45.3. The first kappa shape index (κ1) is 29.6. The smallest absolute Gasteiger partial charge is 0.249 e. The van der Waals surface area contributed by atoms with Crippen LogP contribution in [0.15, 0.2) is 58.2 Å². The van der Waals surface area contributed by atoms with E-state index in [0.717, 1.165) is 42.2 Å². The number of hydrogen-bond acceptors (Lipinski definition) is 7. The van der Waals surface area contributed by atoms with Gasteiger partial charge in [-0.1, -0.05) is 43.0 Å². The summed E-state index contributed by atoms with van der Waals surface area (Å²) in [5, 5.41) is 0.757. The Morgan fingerprint density at radius 2 is 1.83 bits per heavy atom. The number of carbonyl (C=O) groups excluding carboxylic acids is 1. The summed E-state index contributed by atoms with van der Waals surface area (Å²) in [7, 11) is -3.70. The van der Waals surface area contributed by atoms with Crippen LogP contribution in [-0.2, 0) is 21.4 Å². The molecule has 5 heterocycles. The summed E-state index contributed by atoms with van der Waals surface area (Å²) in [5.74, 6) is -0.0949. The van der Waals surface area contributed by atoms with Crippen molar-refractivity contribution in [2.75, 3.05) is 45.8 Å². The third kappa shape index (κ3) is 5.96. The highest BCUT2D eigenvalue weighted by molar-refractivity contribution is 8.20. The van der Waals surface area contributed by atoms with Crippen molar-refractivity contribution in [1.82, 2.24) is 28.6 Å². The van der Waals surface area contributed by atoms with E-state index in [-0.39, 0.29) is 29.7 Å². The summed E-state index contributed by atoms with van der Waals surface area (Å²) in [6.07, 6.45) is 10.2. The minimum absolute atomic E-state index is 0.00303. The molecule has 0 N–H and O–H groups in total. The molecule has 1 aromatic carbocycles. The van der Waals surface area contributed by atoms with Crippen LogP contribution in [0.2, 0.25) is 0 Å². The molecule has 0 saturated carbocycles. The molecule has 0 bridgehead atoms. The van der Waals surface area contributed by atoms with Crippen molar-refractivity contribution in [3.8, 4) is 0 Å². The fourth-order valence-corrected chi connectivity index (χ4v) is 9.64. The second kappa shape index (κ2) is 12.2. The molecule has 4 aliphatic rings. The lowest BCUT2D eigenvalue weighted by molar-refractivity contribution is -0.137. The van der Waals surface area contributed by atoms with Crippen LogP contribution in [0.5, 0.6) is 0 Å². The SMILES string of the molecule is CC1C=C(S(=O)(=O)N2CCN(Cc3cncn3C(C)c3ccc(F)cc3)CC2)SC(N2CCN3CCCC3C2=O)=CC1. The lowest BCUT2D eigenvalue weighted by Crippen LogP contribution is -2.53. The predicted octanol–water partition coefficient (Wildman–Crippen LogP) is 3.84. The number of rotatable bonds is 7. The first-order chi connectivity index (χ1) is 20.2. The van der Waals surface area contributed by atoms with Crippen LogP contribution in [-0.4, -0.2) is 94.7 Å². The molecule has 3 fully saturated rings. The molecule has 0 radical (unpaired) electrons. The number of allylic oxidation sites excluding steroid dienone is 2. The number of piperazine rings is 2. The third-order valence-electron chi connectivity index (χ3n) is 8.91. The molecule has 3 unspecified atom stereocenters. The van der Waals surface area contributed by atoms with E-state index in [0.29, 0.717) is 49.9 Å². The van der Waals surface area contributed by atoms with E-state index >= 15 is 0 Å². The summed E-state index contributed by atoms with van der Waals surface area (Å²) in [5.41, 5.74) is 2.02. The Morgan fingerprint density at radius 1 is 1.07 bits per heavy atom. The van der Waals surface area contributed by atoms with Crippen LogP contribution in [0.3, 0.4) is 0 Å². The van der Waals surface area contributed by atoms with E-state index < -0.39 is 10.0 Å². The molecule has 42 heavy (non-hydrogen) atoms. The molecule has 226 valence electrons. The number of hydrogen-bond donors (Lipinski definition) is 0. The molecule has 2 aromatic rings. The van der Waals surface area contributed by atoms with Gasteiger partial charge in [-0.3, -0.25) is 14.6 Å². The molecule has 3 atom stereocenters. The van der Waals surface area contributed by atoms with Crippen LogP contribution >= 0.6 is 11.8 Å². The van der Waals surface area contributed by atoms with Gasteiger partial charge in [0.05, 0.1) is 29.1 Å². The van der Waals surface area contributed by atoms with Crippen molar-refractivity contribution < 1.29 is 17.6 Å². The molecule has 6 rings (SSSR count). The second-order valence-corrected chi connectivity index (χ2v) is 15.0. The average molecular weight is 615 g/mol. The second-order valence-electron chi connectivity index (χ2n) is 11.7. The van der Waals surface area contributed by atoms with Gasteiger partial charge >= 0.3 is 0 Å². The third-order valence-corrected chi connectivity index (χ3v) is 12.4. The molecule has 1 amide bonds. The number of halogens is 1. The lowest BCUT2D eigenvalue weighted by Gasteiger charge is -2.38. The highest BCUT2D eigenvalue weighted by Crippen LogP contribution is 2.40. The Kier molecular flexibility index (Phi) is 8.61. The number of carbonyl (C=O) groups is 1. The van der Waals surface area contributed by atoms with Gasteiger partial charge in [-0.15, -0.1) is 0 Å². The maximum Gasteiger partial charge on any atom is 0.249 e. The number of aromatic nitrogens is 2. The van der Waals surface area contributed by atoms with Gasteiger partial charge < -0.3 is 9.47 Å². The minimum Gasteiger partial charge on any atom is -0.326 e. The number of nitrogens with zero attached hydrogens (tertiary/aromatic N) is 6. The van der Waals surface area contributed by atoms with Gasteiger partial charge in [-0.2, -0.15) is 4.31 Å². The van der Waals surface area contributed by atoms with Crippen molar-refractivity contribution in [1.29, 1.82) is 0 Å². The van der Waals surface area contributed by atoms with E-state index in [1.54, 1.807) is 22.8 Å². The maximum atomic E-state index is 13.9. The van der Waals surface area contributed by atoms with Crippen molar-refractivity contribution in [2.24, 2.45) is 5.92 Å². The number of amides is 1. The zero-order chi connectivity index (χ0) is 29.4. The summed E-state index contributed by atoms with van der Waals surface area (Å²) in [6.45, 7) is 9.15. The molecular weight excluding hydrogens is 576 g/mol. The minimum atomic E-state index is -3.70. The Morgan fingerprint density at radius 3 is 2.60 bits per heavy atom. The number of thioether (sulfide) groups is 1. The van der Waals surface area contributed by atoms with Crippen LogP contribution in [0, 0.1) is 11.7 Å². The van der Waals surface area contributed by atoms with Gasteiger partial charge in [-0.05, 0) is 56.3 Å². The molecule has 3 saturated heterocycles. The summed E-state index contributed by atoms with van der Waals surface area (Å²) in [6, 6.07) is 6.44. The van der Waals surface area contributed by atoms with E-state index in [1.807, 2.05) is 30.2 Å². The Hall–Kier alpha value is -2.51. The monoisotopic (exact) mass is 614 g/mol. The molecule has 0 aliphatic carbocycles. The Balaban J connectivity index is 1.10. The molecule has 1 aromatic heterocycles. The topological polar surface area (TPSA) is 82.0 Å². The predicted molar refractivity (Wildman–Crippen MR) is 162 cm³/mol. The standard InChI is InChI=1S/C30H39FN6O3S2/c1-22-5-10-28(36-17-14-34-11-3-4-27(34)30(36)38)41-29(18-22)42(39,40)35-15-12-33(13-16-35)20-26-19-32-21-37(26)23(2)24-6-8-25(31)9-7-24/h6-10,18-19,21-23,27H,3-5,11-17,20H2,1-2H3. The molecular formula is C30H39FN6O3S2. The zero-order valence-corrected chi connectivity index (χ0v) is 25.9. The van der Waals surface area contributed by atoms with Gasteiger partial charge in [0.15, 0.2) is 0 Å². The number of imidazole rings is 1. The first-order valence-electron chi connectivity index (χ1n) is 14.8. The van der Waals surface area contributed by atoms with Crippen LogP contribution in [0.1, 0.15) is 50.4 Å². The largest absolute Gasteiger partial charge is 0.326 e. The van der Waals surface area contributed by atoms with E-state index in [2.05, 4.69) is 26.3 Å². The average Bonchev–Trinajstić information content (AvgIpc) is 3.61. The van der Waals surface area contributed by atoms with Gasteiger partial charge in [0, 0.05) is 52.0 Å². The Bertz CT molecular complexity index is 1470. The Labute approximate surface area is 252 Å². The van der Waals surface area contributed by atoms with Crippen molar-refractivity contribution in [3.05, 3.63) is 75.3 Å². The number of benzene rings is 1. The summed E-state index contributed by atoms with van der Waals surface area (Å²) in [4.78, 5) is 24.0. The fourth-order valence-electron chi connectivity index (χ4n) is 6.37. The van der Waals surface area contributed by atoms with Crippen LogP contribution < -0.4 is 0 Å². The highest BCUT2D eigenvalue weighted by atomic mass is 32.3. The van der Waals surface area contributed by atoms with Crippen LogP contribution in [0.25, 0.3) is 0 Å². The molecule has 4 aliphatic heterocycles. The molecule has 0 spiro atoms. The number of fused-ring (bicyclic) bond motifs is 1. The maximum absolute atomic E-state index is 13.9. The fraction of sp³-hybridized carbons (Fsp3) is 0.533. The lowest BCUT2D eigenvalue weighted by atomic mass is 10.1. The van der Waals surface area contributed by atoms with Gasteiger partial charge in [0.2, 0.25) is 15.9 Å². The van der Waals surface area contributed by atoms with E-state index in [9.17, 15) is 17.6 Å². The quantitative estimate of drug-likeness (QED) is 0.469. The van der Waals surface area contributed by atoms with Crippen molar-refractivity contribution in [3.63, 3.8) is 0 Å². The van der Waals surface area contributed by atoms with Crippen molar-refractivity contribution >= 4 is 27.7 Å². The highest BCUT2D eigenvalue weighted by Gasteiger charge is 2.40. The van der Waals surface area contributed by atoms with Gasteiger partial charge in [0.1, 0.15) is 10.1 Å². The van der Waals surface area contributed by atoms with Crippen LogP contribution in [0.4, 0.5) is 4.39 Å². The first-order valence-corrected chi connectivity index (χ1v) is 17.1. The van der Waals surface area contributed by atoms with E-state index in [1.165, 1.54) is 23.9 Å². The number of sulfonamides is 1. The summed E-state index contributed by atoms with van der Waals surface area (Å²) >= 11 is 1.24. The van der Waals surface area contributed by atoms with E-state index in [4.69, 9.17) is 0 Å². The van der Waals surface area contributed by atoms with Gasteiger partial charge in [-0.25, -0.2) is 17.8 Å². The van der Waals surface area contributed by atoms with Crippen molar-refractivity contribution in [2.45, 2.75) is 51.7 Å². The normalized spacial score (nSPS) is 25.6.